The fraction of sp³-hybridized carbons (Fsp3) is 0.169. The summed E-state index contributed by atoms with van der Waals surface area (Å²) < 4.78 is 39.5. The number of aliphatic hydroxyl groups excluding tert-OH is 3. The van der Waals surface area contributed by atoms with Gasteiger partial charge in [-0.25, -0.2) is 9.59 Å². The van der Waals surface area contributed by atoms with Gasteiger partial charge >= 0.3 is 11.9 Å². The Balaban J connectivity index is 0.000000140. The Morgan fingerprint density at radius 1 is 0.217 bits per heavy atom. The molecule has 0 spiro atoms. The van der Waals surface area contributed by atoms with E-state index in [1.807, 2.05) is 0 Å². The second kappa shape index (κ2) is 36.0. The summed E-state index contributed by atoms with van der Waals surface area (Å²) >= 11 is 0. The number of aliphatic hydroxyl groups is 3. The SMILES string of the molecule is O=C(O[C@@H]1Cc2c(O)cc(O)cc2O[C@@H]1c1cc(O)c(O)c(O)c1)c1cc(O)c(O)c(O)c1.O=C(O[C@@H]1Cc2c(O)cc(O)cc2O[C@@H]1c1ccc(O)c(O)c1)c1cc(O)c(O)c(O)c1.Oc1cc(O)c2c(c1)O[C@@H](c1cc(O)c(O)c(O)c1)[C@@H](O)C2.Oc1cc(O)c2c(c1)O[C@H](c1ccc(O)c(O)c1)[C@@H](O)C2.Oc1cc(O)c2c(c1)O[C@H](c1ccc(O)c(O)c1)[C@H](O)C2. The topological polar surface area (TPSA) is 726 Å². The van der Waals surface area contributed by atoms with Gasteiger partial charge in [0, 0.05) is 137 Å². The Morgan fingerprint density at radius 3 is 0.674 bits per heavy atom. The van der Waals surface area contributed by atoms with Gasteiger partial charge in [0.15, 0.2) is 122 Å². The fourth-order valence-corrected chi connectivity index (χ4v) is 14.5. The number of phenolic OH excluding ortho intramolecular Hbond substituents is 28. The van der Waals surface area contributed by atoms with Crippen LogP contribution in [-0.4, -0.2) is 201 Å². The molecule has 0 saturated carbocycles. The molecule has 5 heterocycles. The molecule has 0 fully saturated rings. The van der Waals surface area contributed by atoms with Crippen molar-refractivity contribution in [2.24, 2.45) is 0 Å². The van der Waals surface area contributed by atoms with Crippen molar-refractivity contribution in [3.05, 3.63) is 231 Å². The first-order valence-corrected chi connectivity index (χ1v) is 38.0. The van der Waals surface area contributed by atoms with Gasteiger partial charge in [0.2, 0.25) is 0 Å². The molecule has 0 unspecified atom stereocenters. The van der Waals surface area contributed by atoms with Gasteiger partial charge in [-0.05, 0) is 96.1 Å². The van der Waals surface area contributed by atoms with Crippen molar-refractivity contribution < 1.29 is 201 Å². The number of ether oxygens (including phenoxy) is 7. The first kappa shape index (κ1) is 89.6. The third-order valence-electron chi connectivity index (χ3n) is 20.8. The molecule has 10 atom stereocenters. The van der Waals surface area contributed by atoms with E-state index in [2.05, 4.69) is 0 Å². The van der Waals surface area contributed by atoms with Gasteiger partial charge in [-0.1, -0.05) is 18.2 Å². The molecule has 0 bridgehead atoms. The highest BCUT2D eigenvalue weighted by atomic mass is 16.6. The molecule has 17 rings (SSSR count). The maximum atomic E-state index is 12.7. The number of hydrogen-bond acceptors (Lipinski definition) is 40. The molecule has 40 nitrogen and oxygen atoms in total. The first-order chi connectivity index (χ1) is 60.9. The minimum atomic E-state index is -1.18. The summed E-state index contributed by atoms with van der Waals surface area (Å²) in [5.41, 5.74) is 2.69. The molecule has 40 heteroatoms. The Morgan fingerprint density at radius 2 is 0.419 bits per heavy atom. The summed E-state index contributed by atoms with van der Waals surface area (Å²) in [4.78, 5) is 25.4. The molecular weight excluding hydrogens is 1710 g/mol. The number of esters is 2. The van der Waals surface area contributed by atoms with Crippen molar-refractivity contribution in [1.82, 2.24) is 0 Å². The zero-order valence-electron chi connectivity index (χ0n) is 65.9. The Hall–Kier alpha value is -17.1. The fourth-order valence-electron chi connectivity index (χ4n) is 14.5. The highest BCUT2D eigenvalue weighted by Gasteiger charge is 2.42. The number of rotatable bonds is 9. The number of fused-ring (bicyclic) bond motifs is 5. The summed E-state index contributed by atoms with van der Waals surface area (Å²) in [6.07, 6.45) is -9.66. The largest absolute Gasteiger partial charge is 0.508 e. The molecule has 12 aromatic rings. The van der Waals surface area contributed by atoms with Gasteiger partial charge in [0.1, 0.15) is 111 Å². The van der Waals surface area contributed by atoms with Crippen molar-refractivity contribution in [3.8, 4) is 190 Å². The van der Waals surface area contributed by atoms with Gasteiger partial charge in [0.25, 0.3) is 0 Å². The van der Waals surface area contributed by atoms with Crippen molar-refractivity contribution in [2.75, 3.05) is 0 Å². The van der Waals surface area contributed by atoms with Crippen LogP contribution in [0.15, 0.2) is 164 Å². The summed E-state index contributed by atoms with van der Waals surface area (Å²) in [7, 11) is 0. The summed E-state index contributed by atoms with van der Waals surface area (Å²) in [6, 6.07) is 32.4. The van der Waals surface area contributed by atoms with Crippen LogP contribution < -0.4 is 23.7 Å². The number of hydrogen-bond donors (Lipinski definition) is 31. The predicted octanol–water partition coefficient (Wildman–Crippen LogP) is 9.10. The Kier molecular flexibility index (Phi) is 25.0. The van der Waals surface area contributed by atoms with Crippen molar-refractivity contribution in [1.29, 1.82) is 0 Å². The van der Waals surface area contributed by atoms with E-state index >= 15 is 0 Å². The molecule has 0 aromatic heterocycles. The average Bonchev–Trinajstić information content (AvgIpc) is 0.802. The Labute approximate surface area is 723 Å². The van der Waals surface area contributed by atoms with Crippen molar-refractivity contribution in [3.63, 3.8) is 0 Å². The third kappa shape index (κ3) is 19.2. The van der Waals surface area contributed by atoms with E-state index in [9.17, 15) is 168 Å². The van der Waals surface area contributed by atoms with Crippen LogP contribution in [0.25, 0.3) is 0 Å². The summed E-state index contributed by atoms with van der Waals surface area (Å²) in [6.45, 7) is 0. The van der Waals surface area contributed by atoms with Gasteiger partial charge in [-0.3, -0.25) is 0 Å². The first-order valence-electron chi connectivity index (χ1n) is 38.0. The lowest BCUT2D eigenvalue weighted by molar-refractivity contribution is -0.0192. The molecular formula is C89H78O40. The average molecular weight is 1790 g/mol. The number of aromatic hydroxyl groups is 28. The van der Waals surface area contributed by atoms with Gasteiger partial charge in [-0.2, -0.15) is 0 Å². The van der Waals surface area contributed by atoms with Crippen LogP contribution in [0.3, 0.4) is 0 Å². The van der Waals surface area contributed by atoms with Gasteiger partial charge in [-0.15, -0.1) is 0 Å². The second-order valence-corrected chi connectivity index (χ2v) is 29.8. The molecule has 0 radical (unpaired) electrons. The highest BCUT2D eigenvalue weighted by Crippen LogP contribution is 2.52. The minimum Gasteiger partial charge on any atom is -0.508 e. The predicted molar refractivity (Wildman–Crippen MR) is 436 cm³/mol. The van der Waals surface area contributed by atoms with E-state index in [1.165, 1.54) is 97.1 Å². The molecule has 0 amide bonds. The molecule has 129 heavy (non-hydrogen) atoms. The smallest absolute Gasteiger partial charge is 0.338 e. The lowest BCUT2D eigenvalue weighted by atomic mass is 9.93. The zero-order chi connectivity index (χ0) is 93.5. The van der Waals surface area contributed by atoms with Crippen LogP contribution in [0.2, 0.25) is 0 Å². The van der Waals surface area contributed by atoms with Crippen LogP contribution in [0.4, 0.5) is 0 Å². The normalized spacial score (nSPS) is 18.8. The highest BCUT2D eigenvalue weighted by molar-refractivity contribution is 5.92. The van der Waals surface area contributed by atoms with Gasteiger partial charge < -0.3 is 191 Å². The van der Waals surface area contributed by atoms with Crippen LogP contribution in [0.1, 0.15) is 107 Å². The Bertz CT molecular complexity index is 6140. The van der Waals surface area contributed by atoms with E-state index in [-0.39, 0.29) is 180 Å². The lowest BCUT2D eigenvalue weighted by Crippen LogP contribution is -2.34. The molecule has 0 aliphatic carbocycles. The molecule has 31 N–H and O–H groups in total. The minimum absolute atomic E-state index is 0.0461. The van der Waals surface area contributed by atoms with E-state index < -0.39 is 148 Å². The molecule has 674 valence electrons. The maximum absolute atomic E-state index is 12.7. The second-order valence-electron chi connectivity index (χ2n) is 29.8. The number of phenols is 28. The lowest BCUT2D eigenvalue weighted by Gasteiger charge is -2.34. The molecule has 0 saturated heterocycles. The number of benzene rings is 12. The van der Waals surface area contributed by atoms with E-state index in [0.717, 1.165) is 66.7 Å². The number of carbonyl (C=O) groups excluding carboxylic acids is 2. The van der Waals surface area contributed by atoms with E-state index in [1.54, 1.807) is 0 Å². The van der Waals surface area contributed by atoms with Crippen molar-refractivity contribution in [2.45, 2.75) is 93.1 Å². The molecule has 12 aromatic carbocycles. The van der Waals surface area contributed by atoms with Crippen molar-refractivity contribution >= 4 is 11.9 Å². The molecule has 5 aliphatic rings. The van der Waals surface area contributed by atoms with E-state index in [4.69, 9.17) is 33.2 Å². The maximum Gasteiger partial charge on any atom is 0.338 e. The molecule has 5 aliphatic heterocycles. The summed E-state index contributed by atoms with van der Waals surface area (Å²) in [5.74, 6) is -13.6. The van der Waals surface area contributed by atoms with Crippen LogP contribution >= 0.6 is 0 Å². The zero-order valence-corrected chi connectivity index (χ0v) is 65.9. The standard InChI is InChI=1S/C22H18O11.C22H18O10.C15H14O7.2C15H14O6/c23-10-5-12(24)11-7-18(33-22(31)9-3-15(27)20(30)16(28)4-9)21(32-17(11)6-10)8-1-13(25)19(29)14(26)2-8;23-11-6-14(25)12-8-19(32-22(30)10-4-16(27)20(29)17(28)5-10)21(31-18(12)7-11)9-1-2-13(24)15(26)3-9;16-7-3-9(17)8-5-12(20)15(22-13(8)4-7)6-1-10(18)14(21)11(19)2-6;2*16-8-4-11(18)9-6-13(20)15(21-14(9)5-8)7-1-2-10(17)12(19)3-7/h1-6,18,21,23-30H,7H2;1-7,19,21,23-29H,8H2;1-4,12,15-21H,5H2;2*1-5,13,15-20H,6H2/t18-,21-;19-,21-;12-,15-;13-,15+;13-,15-/m11001/s1. The monoisotopic (exact) mass is 1790 g/mol. The number of carbonyl (C=O) groups is 2. The summed E-state index contributed by atoms with van der Waals surface area (Å²) in [5, 5.41) is 301. The third-order valence-corrected chi connectivity index (χ3v) is 20.8. The quantitative estimate of drug-likeness (QED) is 0.0473. The van der Waals surface area contributed by atoms with Crippen LogP contribution in [0, 0.1) is 0 Å². The van der Waals surface area contributed by atoms with Crippen LogP contribution in [-0.2, 0) is 41.6 Å². The van der Waals surface area contributed by atoms with E-state index in [0.29, 0.717) is 33.4 Å². The van der Waals surface area contributed by atoms with Gasteiger partial charge in [0.05, 0.1) is 29.4 Å². The van der Waals surface area contributed by atoms with Crippen LogP contribution in [0.5, 0.6) is 190 Å².